The van der Waals surface area contributed by atoms with Gasteiger partial charge in [-0.15, -0.1) is 0 Å². The summed E-state index contributed by atoms with van der Waals surface area (Å²) in [4.78, 5) is 14.4. The number of aliphatic hydroxyl groups is 1. The molecule has 0 radical (unpaired) electrons. The van der Waals surface area contributed by atoms with Crippen LogP contribution in [-0.4, -0.2) is 47.8 Å². The molecule has 1 heterocycles. The Kier molecular flexibility index (Phi) is 5.56. The van der Waals surface area contributed by atoms with Gasteiger partial charge in [0.25, 0.3) is 0 Å². The molecule has 1 aromatic carbocycles. The predicted octanol–water partition coefficient (Wildman–Crippen LogP) is 1.38. The van der Waals surface area contributed by atoms with Crippen molar-refractivity contribution in [2.45, 2.75) is 38.3 Å². The van der Waals surface area contributed by atoms with Gasteiger partial charge in [-0.1, -0.05) is 29.8 Å². The molecule has 1 aromatic rings. The second kappa shape index (κ2) is 7.22. The monoisotopic (exact) mass is 306 g/mol. The second-order valence-electron chi connectivity index (χ2n) is 6.04. The van der Waals surface area contributed by atoms with Crippen LogP contribution in [0.3, 0.4) is 0 Å². The maximum absolute atomic E-state index is 12.7. The normalized spacial score (nSPS) is 18.7. The number of nitrogens with zero attached hydrogens (tertiary/aromatic N) is 1. The third-order valence-electron chi connectivity index (χ3n) is 4.34. The van der Waals surface area contributed by atoms with Crippen molar-refractivity contribution in [2.24, 2.45) is 5.73 Å². The van der Waals surface area contributed by atoms with Crippen molar-refractivity contribution in [3.05, 3.63) is 35.4 Å². The molecule has 1 saturated heterocycles. The van der Waals surface area contributed by atoms with Gasteiger partial charge in [0.15, 0.2) is 0 Å². The van der Waals surface area contributed by atoms with Gasteiger partial charge in [-0.25, -0.2) is 0 Å². The summed E-state index contributed by atoms with van der Waals surface area (Å²) in [5.41, 5.74) is 7.36. The molecule has 1 amide bonds. The first-order valence-corrected chi connectivity index (χ1v) is 7.87. The number of aryl methyl sites for hydroxylation is 1. The lowest BCUT2D eigenvalue weighted by molar-refractivity contribution is -0.141. The quantitative estimate of drug-likeness (QED) is 0.862. The van der Waals surface area contributed by atoms with E-state index in [1.54, 1.807) is 4.90 Å². The molecular formula is C17H26N2O3. The van der Waals surface area contributed by atoms with Crippen LogP contribution in [0.5, 0.6) is 0 Å². The maximum atomic E-state index is 12.7. The second-order valence-corrected chi connectivity index (χ2v) is 6.04. The number of aliphatic hydroxyl groups excluding tert-OH is 1. The molecule has 5 nitrogen and oxygen atoms in total. The molecule has 1 aliphatic rings. The maximum Gasteiger partial charge on any atom is 0.242 e. The molecule has 1 fully saturated rings. The molecule has 0 saturated carbocycles. The highest BCUT2D eigenvalue weighted by Crippen LogP contribution is 2.22. The molecule has 0 spiro atoms. The fourth-order valence-electron chi connectivity index (χ4n) is 2.72. The Morgan fingerprint density at radius 2 is 1.95 bits per heavy atom. The third kappa shape index (κ3) is 3.85. The highest BCUT2D eigenvalue weighted by atomic mass is 16.5. The van der Waals surface area contributed by atoms with Crippen molar-refractivity contribution in [1.82, 2.24) is 4.90 Å². The zero-order valence-electron chi connectivity index (χ0n) is 13.4. The number of rotatable bonds is 5. The topological polar surface area (TPSA) is 75.8 Å². The van der Waals surface area contributed by atoms with Crippen LogP contribution >= 0.6 is 0 Å². The number of amides is 1. The van der Waals surface area contributed by atoms with E-state index in [0.29, 0.717) is 32.6 Å². The molecule has 1 atom stereocenters. The third-order valence-corrected chi connectivity index (χ3v) is 4.34. The Labute approximate surface area is 132 Å². The number of carbonyl (C=O) groups is 1. The largest absolute Gasteiger partial charge is 0.387 e. The molecule has 1 unspecified atom stereocenters. The Bertz CT molecular complexity index is 495. The van der Waals surface area contributed by atoms with E-state index in [9.17, 15) is 9.90 Å². The van der Waals surface area contributed by atoms with E-state index in [2.05, 4.69) is 0 Å². The number of nitrogens with two attached hydrogens (primary N) is 1. The Morgan fingerprint density at radius 1 is 1.36 bits per heavy atom. The van der Waals surface area contributed by atoms with Crippen molar-refractivity contribution in [2.75, 3.05) is 26.3 Å². The fourth-order valence-corrected chi connectivity index (χ4v) is 2.72. The van der Waals surface area contributed by atoms with Crippen molar-refractivity contribution in [1.29, 1.82) is 0 Å². The summed E-state index contributed by atoms with van der Waals surface area (Å²) >= 11 is 0. The van der Waals surface area contributed by atoms with E-state index in [1.807, 2.05) is 38.1 Å². The van der Waals surface area contributed by atoms with E-state index >= 15 is 0 Å². The predicted molar refractivity (Wildman–Crippen MR) is 85.4 cm³/mol. The summed E-state index contributed by atoms with van der Waals surface area (Å²) in [6.07, 6.45) is 0.360. The van der Waals surface area contributed by atoms with Gasteiger partial charge in [-0.3, -0.25) is 4.79 Å². The van der Waals surface area contributed by atoms with E-state index in [4.69, 9.17) is 10.5 Å². The van der Waals surface area contributed by atoms with Gasteiger partial charge in [0, 0.05) is 19.8 Å². The molecule has 5 heteroatoms. The summed E-state index contributed by atoms with van der Waals surface area (Å²) in [6.45, 7) is 5.73. The lowest BCUT2D eigenvalue weighted by atomic mass is 9.89. The van der Waals surface area contributed by atoms with Crippen LogP contribution in [0.2, 0.25) is 0 Å². The first-order chi connectivity index (χ1) is 10.5. The molecule has 3 N–H and O–H groups in total. The average molecular weight is 306 g/mol. The van der Waals surface area contributed by atoms with E-state index in [1.165, 1.54) is 0 Å². The smallest absolute Gasteiger partial charge is 0.242 e. The molecule has 0 bridgehead atoms. The van der Waals surface area contributed by atoms with E-state index < -0.39 is 11.6 Å². The molecular weight excluding hydrogens is 280 g/mol. The number of hydrogen-bond donors (Lipinski definition) is 2. The average Bonchev–Trinajstić information content (AvgIpc) is 2.53. The van der Waals surface area contributed by atoms with Gasteiger partial charge in [0.1, 0.15) is 0 Å². The first-order valence-electron chi connectivity index (χ1n) is 7.87. The fraction of sp³-hybridized carbons (Fsp3) is 0.588. The van der Waals surface area contributed by atoms with Crippen molar-refractivity contribution in [3.8, 4) is 0 Å². The van der Waals surface area contributed by atoms with Crippen LogP contribution in [-0.2, 0) is 9.53 Å². The number of benzene rings is 1. The molecule has 122 valence electrons. The van der Waals surface area contributed by atoms with Crippen LogP contribution in [0.25, 0.3) is 0 Å². The Hall–Kier alpha value is -1.43. The van der Waals surface area contributed by atoms with Crippen LogP contribution in [0.1, 0.15) is 37.0 Å². The van der Waals surface area contributed by atoms with E-state index in [0.717, 1.165) is 11.1 Å². The van der Waals surface area contributed by atoms with Gasteiger partial charge >= 0.3 is 0 Å². The molecule has 2 rings (SSSR count). The Morgan fingerprint density at radius 3 is 2.50 bits per heavy atom. The van der Waals surface area contributed by atoms with Gasteiger partial charge < -0.3 is 20.5 Å². The zero-order valence-corrected chi connectivity index (χ0v) is 13.4. The van der Waals surface area contributed by atoms with Crippen LogP contribution < -0.4 is 5.73 Å². The highest BCUT2D eigenvalue weighted by Gasteiger charge is 2.39. The lowest BCUT2D eigenvalue weighted by Gasteiger charge is -2.37. The SMILES string of the molecule is CCN(CC(O)c1ccc(C)cc1)C(=O)C1(N)CCOCC1. The van der Waals surface area contributed by atoms with Gasteiger partial charge in [-0.05, 0) is 32.3 Å². The molecule has 22 heavy (non-hydrogen) atoms. The van der Waals surface area contributed by atoms with E-state index in [-0.39, 0.29) is 12.5 Å². The molecule has 1 aliphatic heterocycles. The van der Waals surface area contributed by atoms with Gasteiger partial charge in [0.2, 0.25) is 5.91 Å². The number of likely N-dealkylation sites (N-methyl/N-ethyl adjacent to an activating group) is 1. The van der Waals surface area contributed by atoms with Crippen molar-refractivity contribution < 1.29 is 14.6 Å². The standard InChI is InChI=1S/C17H26N2O3/c1-3-19(16(21)17(18)8-10-22-11-9-17)12-15(20)14-6-4-13(2)5-7-14/h4-7,15,20H,3,8-12,18H2,1-2H3. The Balaban J connectivity index is 2.04. The van der Waals surface area contributed by atoms with Gasteiger partial charge in [0.05, 0.1) is 18.2 Å². The molecule has 0 aliphatic carbocycles. The lowest BCUT2D eigenvalue weighted by Crippen LogP contribution is -2.58. The summed E-state index contributed by atoms with van der Waals surface area (Å²) in [5.74, 6) is -0.0931. The summed E-state index contributed by atoms with van der Waals surface area (Å²) in [5, 5.41) is 10.4. The van der Waals surface area contributed by atoms with Gasteiger partial charge in [-0.2, -0.15) is 0 Å². The zero-order chi connectivity index (χ0) is 16.2. The minimum absolute atomic E-state index is 0.0931. The summed E-state index contributed by atoms with van der Waals surface area (Å²) in [6, 6.07) is 7.70. The molecule has 0 aromatic heterocycles. The minimum atomic E-state index is -0.860. The minimum Gasteiger partial charge on any atom is -0.387 e. The number of hydrogen-bond acceptors (Lipinski definition) is 4. The van der Waals surface area contributed by atoms with Crippen LogP contribution in [0.4, 0.5) is 0 Å². The number of ether oxygens (including phenoxy) is 1. The van der Waals surface area contributed by atoms with Crippen molar-refractivity contribution >= 4 is 5.91 Å². The van der Waals surface area contributed by atoms with Crippen LogP contribution in [0, 0.1) is 6.92 Å². The number of carbonyl (C=O) groups excluding carboxylic acids is 1. The summed E-state index contributed by atoms with van der Waals surface area (Å²) in [7, 11) is 0. The highest BCUT2D eigenvalue weighted by molar-refractivity contribution is 5.86. The van der Waals surface area contributed by atoms with Crippen LogP contribution in [0.15, 0.2) is 24.3 Å². The van der Waals surface area contributed by atoms with Crippen molar-refractivity contribution in [3.63, 3.8) is 0 Å². The first kappa shape index (κ1) is 16.9. The summed E-state index contributed by atoms with van der Waals surface area (Å²) < 4.78 is 5.29.